The van der Waals surface area contributed by atoms with Crippen molar-refractivity contribution in [3.63, 3.8) is 0 Å². The number of aromatic nitrogens is 4. The molecule has 0 aliphatic carbocycles. The van der Waals surface area contributed by atoms with Crippen molar-refractivity contribution in [2.24, 2.45) is 4.40 Å². The molecule has 1 fully saturated rings. The minimum absolute atomic E-state index is 0.409. The topological polar surface area (TPSA) is 75.8 Å². The zero-order valence-electron chi connectivity index (χ0n) is 17.8. The van der Waals surface area contributed by atoms with Gasteiger partial charge in [0.2, 0.25) is 5.95 Å². The Morgan fingerprint density at radius 2 is 1.90 bits per heavy atom. The molecule has 1 aliphatic rings. The second kappa shape index (κ2) is 7.48. The molecular weight excluding hydrogens is 384 g/mol. The molecule has 0 spiro atoms. The van der Waals surface area contributed by atoms with E-state index in [1.54, 1.807) is 6.33 Å². The second-order valence-electron chi connectivity index (χ2n) is 8.73. The van der Waals surface area contributed by atoms with Crippen molar-refractivity contribution in [3.8, 4) is 0 Å². The molecule has 1 saturated heterocycles. The molecule has 0 bridgehead atoms. The predicted molar refractivity (Wildman–Crippen MR) is 119 cm³/mol. The van der Waals surface area contributed by atoms with Crippen molar-refractivity contribution in [2.45, 2.75) is 58.6 Å². The van der Waals surface area contributed by atoms with Crippen molar-refractivity contribution in [1.82, 2.24) is 19.6 Å². The van der Waals surface area contributed by atoms with Crippen LogP contribution in [0.5, 0.6) is 0 Å². The van der Waals surface area contributed by atoms with E-state index in [0.717, 1.165) is 65.3 Å². The molecule has 29 heavy (non-hydrogen) atoms. The van der Waals surface area contributed by atoms with Crippen LogP contribution in [0.2, 0.25) is 0 Å². The lowest BCUT2D eigenvalue weighted by Gasteiger charge is -2.28. The van der Waals surface area contributed by atoms with E-state index in [0.29, 0.717) is 0 Å². The molecule has 2 aromatic heterocycles. The first-order valence-electron chi connectivity index (χ1n) is 10.1. The SMILES string of the molecule is CC(=N[S@](=O)C(C)(C)C)c1cc(C)cc2c1nc(N1CCCCC1)n1cnnc21. The fraction of sp³-hybridized carbons (Fsp3) is 0.524. The van der Waals surface area contributed by atoms with Gasteiger partial charge in [0.1, 0.15) is 17.3 Å². The summed E-state index contributed by atoms with van der Waals surface area (Å²) in [6.07, 6.45) is 5.32. The third-order valence-corrected chi connectivity index (χ3v) is 6.73. The summed E-state index contributed by atoms with van der Waals surface area (Å²) in [5.41, 5.74) is 4.35. The van der Waals surface area contributed by atoms with Gasteiger partial charge in [-0.3, -0.25) is 4.40 Å². The third kappa shape index (κ3) is 3.77. The van der Waals surface area contributed by atoms with Crippen LogP contribution in [-0.4, -0.2) is 47.3 Å². The van der Waals surface area contributed by atoms with Crippen molar-refractivity contribution in [1.29, 1.82) is 0 Å². The number of hydrogen-bond acceptors (Lipinski definition) is 5. The van der Waals surface area contributed by atoms with E-state index >= 15 is 0 Å². The Labute approximate surface area is 173 Å². The summed E-state index contributed by atoms with van der Waals surface area (Å²) in [7, 11) is -1.33. The molecule has 0 saturated carbocycles. The van der Waals surface area contributed by atoms with Crippen molar-refractivity contribution in [3.05, 3.63) is 29.6 Å². The first-order valence-corrected chi connectivity index (χ1v) is 11.2. The zero-order valence-corrected chi connectivity index (χ0v) is 18.6. The number of hydrogen-bond donors (Lipinski definition) is 0. The molecule has 7 nitrogen and oxygen atoms in total. The fourth-order valence-corrected chi connectivity index (χ4v) is 4.31. The molecule has 0 amide bonds. The standard InChI is InChI=1S/C21H28N6OS/c1-14-11-16(15(2)25-29(28)21(3,4)5)18-17(12-14)19-24-22-13-27(19)20(23-18)26-9-7-6-8-10-26/h11-13H,6-10H2,1-5H3/t29-/m1/s1. The maximum Gasteiger partial charge on any atom is 0.213 e. The number of benzene rings is 1. The molecule has 0 unspecified atom stereocenters. The molecule has 154 valence electrons. The molecule has 4 rings (SSSR count). The summed E-state index contributed by atoms with van der Waals surface area (Å²) in [5, 5.41) is 9.49. The monoisotopic (exact) mass is 412 g/mol. The molecule has 0 radical (unpaired) electrons. The Hall–Kier alpha value is -2.35. The van der Waals surface area contributed by atoms with E-state index in [9.17, 15) is 4.21 Å². The van der Waals surface area contributed by atoms with Gasteiger partial charge in [-0.2, -0.15) is 4.40 Å². The average molecular weight is 413 g/mol. The van der Waals surface area contributed by atoms with Gasteiger partial charge >= 0.3 is 0 Å². The van der Waals surface area contributed by atoms with Gasteiger partial charge in [0.25, 0.3) is 0 Å². The molecule has 8 heteroatoms. The number of rotatable bonds is 3. The second-order valence-corrected chi connectivity index (χ2v) is 10.6. The lowest BCUT2D eigenvalue weighted by molar-refractivity contribution is 0.567. The molecule has 1 atom stereocenters. The highest BCUT2D eigenvalue weighted by Crippen LogP contribution is 2.29. The largest absolute Gasteiger partial charge is 0.342 e. The Bertz CT molecular complexity index is 1120. The van der Waals surface area contributed by atoms with Crippen LogP contribution < -0.4 is 4.90 Å². The molecule has 0 N–H and O–H groups in total. The van der Waals surface area contributed by atoms with Crippen molar-refractivity contribution < 1.29 is 4.21 Å². The Morgan fingerprint density at radius 3 is 2.59 bits per heavy atom. The van der Waals surface area contributed by atoms with Crippen LogP contribution >= 0.6 is 0 Å². The van der Waals surface area contributed by atoms with E-state index in [4.69, 9.17) is 4.98 Å². The molecule has 3 aromatic rings. The first-order chi connectivity index (χ1) is 13.8. The maximum atomic E-state index is 12.6. The van der Waals surface area contributed by atoms with Crippen LogP contribution in [0, 0.1) is 6.92 Å². The summed E-state index contributed by atoms with van der Waals surface area (Å²) in [6.45, 7) is 11.7. The van der Waals surface area contributed by atoms with E-state index < -0.39 is 15.7 Å². The van der Waals surface area contributed by atoms with Crippen LogP contribution in [-0.2, 0) is 11.0 Å². The van der Waals surface area contributed by atoms with E-state index in [1.165, 1.54) is 6.42 Å². The zero-order chi connectivity index (χ0) is 20.8. The summed E-state index contributed by atoms with van der Waals surface area (Å²) in [4.78, 5) is 7.37. The first kappa shape index (κ1) is 19.9. The van der Waals surface area contributed by atoms with E-state index in [2.05, 4.69) is 31.6 Å². The number of fused-ring (bicyclic) bond motifs is 3. The van der Waals surface area contributed by atoms with Gasteiger partial charge in [-0.1, -0.05) is 0 Å². The highest BCUT2D eigenvalue weighted by Gasteiger charge is 2.22. The van der Waals surface area contributed by atoms with Gasteiger partial charge in [0.05, 0.1) is 16.0 Å². The highest BCUT2D eigenvalue weighted by atomic mass is 32.2. The van der Waals surface area contributed by atoms with E-state index in [1.807, 2.05) is 39.0 Å². The highest BCUT2D eigenvalue weighted by molar-refractivity contribution is 7.85. The van der Waals surface area contributed by atoms with Crippen LogP contribution in [0.3, 0.4) is 0 Å². The van der Waals surface area contributed by atoms with Gasteiger partial charge < -0.3 is 4.90 Å². The van der Waals surface area contributed by atoms with Crippen molar-refractivity contribution >= 4 is 39.2 Å². The van der Waals surface area contributed by atoms with E-state index in [-0.39, 0.29) is 0 Å². The van der Waals surface area contributed by atoms with Crippen LogP contribution in [0.25, 0.3) is 16.6 Å². The van der Waals surface area contributed by atoms with Crippen LogP contribution in [0.4, 0.5) is 5.95 Å². The number of piperidine rings is 1. The van der Waals surface area contributed by atoms with Gasteiger partial charge in [-0.25, -0.2) is 9.19 Å². The van der Waals surface area contributed by atoms with Crippen LogP contribution in [0.15, 0.2) is 22.9 Å². The number of anilines is 1. The fourth-order valence-electron chi connectivity index (χ4n) is 3.69. The lowest BCUT2D eigenvalue weighted by atomic mass is 10.0. The Balaban J connectivity index is 1.96. The Kier molecular flexibility index (Phi) is 5.14. The maximum absolute atomic E-state index is 12.6. The summed E-state index contributed by atoms with van der Waals surface area (Å²) in [5.74, 6) is 0.868. The predicted octanol–water partition coefficient (Wildman–Crippen LogP) is 3.85. The minimum atomic E-state index is -1.33. The van der Waals surface area contributed by atoms with Crippen LogP contribution in [0.1, 0.15) is 58.1 Å². The minimum Gasteiger partial charge on any atom is -0.342 e. The quantitative estimate of drug-likeness (QED) is 0.611. The smallest absolute Gasteiger partial charge is 0.213 e. The molecule has 3 heterocycles. The van der Waals surface area contributed by atoms with Gasteiger partial charge in [0, 0.05) is 24.0 Å². The average Bonchev–Trinajstić information content (AvgIpc) is 3.17. The molecular formula is C21H28N6OS. The number of nitrogens with zero attached hydrogens (tertiary/aromatic N) is 6. The summed E-state index contributed by atoms with van der Waals surface area (Å²) >= 11 is 0. The lowest BCUT2D eigenvalue weighted by Crippen LogP contribution is -2.32. The molecule has 1 aromatic carbocycles. The number of aryl methyl sites for hydroxylation is 1. The van der Waals surface area contributed by atoms with Gasteiger partial charge in [-0.15, -0.1) is 10.2 Å². The van der Waals surface area contributed by atoms with Gasteiger partial charge in [0.15, 0.2) is 5.65 Å². The normalized spacial score (nSPS) is 17.3. The van der Waals surface area contributed by atoms with Crippen molar-refractivity contribution in [2.75, 3.05) is 18.0 Å². The molecule has 1 aliphatic heterocycles. The Morgan fingerprint density at radius 1 is 1.17 bits per heavy atom. The van der Waals surface area contributed by atoms with Gasteiger partial charge in [-0.05, 0) is 71.6 Å². The summed E-state index contributed by atoms with van der Waals surface area (Å²) < 4.78 is 18.7. The summed E-state index contributed by atoms with van der Waals surface area (Å²) in [6, 6.07) is 4.16. The third-order valence-electron chi connectivity index (χ3n) is 5.24.